The first-order valence-electron chi connectivity index (χ1n) is 12.9. The second-order valence-corrected chi connectivity index (χ2v) is 10.6. The Morgan fingerprint density at radius 3 is 2.35 bits per heavy atom. The third-order valence-corrected chi connectivity index (χ3v) is 8.20. The second kappa shape index (κ2) is 10.3. The van der Waals surface area contributed by atoms with E-state index in [9.17, 15) is 39.6 Å². The Morgan fingerprint density at radius 1 is 1.18 bits per heavy atom. The molecule has 0 heterocycles. The van der Waals surface area contributed by atoms with E-state index in [-0.39, 0.29) is 30.6 Å². The van der Waals surface area contributed by atoms with Crippen molar-refractivity contribution in [3.8, 4) is 5.75 Å². The third kappa shape index (κ3) is 4.25. The van der Waals surface area contributed by atoms with Gasteiger partial charge in [-0.2, -0.15) is 0 Å². The second-order valence-electron chi connectivity index (χ2n) is 10.6. The average Bonchev–Trinajstić information content (AvgIpc) is 2.87. The summed E-state index contributed by atoms with van der Waals surface area (Å²) < 4.78 is 15.3. The zero-order valence-electron chi connectivity index (χ0n) is 22.6. The van der Waals surface area contributed by atoms with Gasteiger partial charge in [-0.25, -0.2) is 4.39 Å². The predicted molar refractivity (Wildman–Crippen MR) is 140 cm³/mol. The number of rotatable bonds is 7. The minimum atomic E-state index is -2.80. The highest BCUT2D eigenvalue weighted by atomic mass is 19.1. The molecule has 0 saturated carbocycles. The maximum Gasteiger partial charge on any atom is 0.255 e. The minimum Gasteiger partial charge on any atom is -0.510 e. The largest absolute Gasteiger partial charge is 0.510 e. The number of benzene rings is 1. The van der Waals surface area contributed by atoms with Crippen LogP contribution in [0, 0.1) is 17.7 Å². The Bertz CT molecular complexity index is 1380. The number of carbonyl (C=O) groups excluding carboxylic acids is 4. The molecule has 12 nitrogen and oxygen atoms in total. The van der Waals surface area contributed by atoms with Crippen LogP contribution in [0.25, 0.3) is 0 Å². The molecular formula is C27H33FN4O8. The molecule has 4 atom stereocenters. The first-order chi connectivity index (χ1) is 18.7. The van der Waals surface area contributed by atoms with E-state index < -0.39 is 86.7 Å². The number of anilines is 1. The van der Waals surface area contributed by atoms with Crippen molar-refractivity contribution >= 4 is 29.1 Å². The summed E-state index contributed by atoms with van der Waals surface area (Å²) in [6.45, 7) is 4.81. The van der Waals surface area contributed by atoms with Crippen molar-refractivity contribution in [1.82, 2.24) is 9.80 Å². The number of nitrogens with one attached hydrogen (secondary N) is 1. The number of nitrogens with zero attached hydrogens (tertiary/aromatic N) is 2. The van der Waals surface area contributed by atoms with Crippen molar-refractivity contribution in [3.05, 3.63) is 45.7 Å². The first kappa shape index (κ1) is 29.2. The molecule has 216 valence electrons. The van der Waals surface area contributed by atoms with Crippen LogP contribution in [-0.4, -0.2) is 99.0 Å². The topological polar surface area (TPSA) is 194 Å². The Kier molecular flexibility index (Phi) is 7.52. The number of ketones is 2. The lowest BCUT2D eigenvalue weighted by molar-refractivity contribution is -0.148. The maximum absolute atomic E-state index is 15.3. The van der Waals surface area contributed by atoms with Crippen molar-refractivity contribution in [1.29, 1.82) is 0 Å². The molecule has 0 spiro atoms. The van der Waals surface area contributed by atoms with Crippen LogP contribution in [0.2, 0.25) is 0 Å². The molecule has 0 bridgehead atoms. The molecular weight excluding hydrogens is 527 g/mol. The molecule has 0 fully saturated rings. The van der Waals surface area contributed by atoms with E-state index in [4.69, 9.17) is 5.73 Å². The zero-order valence-corrected chi connectivity index (χ0v) is 22.6. The number of primary amides is 1. The van der Waals surface area contributed by atoms with Crippen molar-refractivity contribution in [3.63, 3.8) is 0 Å². The highest BCUT2D eigenvalue weighted by Gasteiger charge is 2.63. The van der Waals surface area contributed by atoms with Gasteiger partial charge in [-0.15, -0.1) is 0 Å². The van der Waals surface area contributed by atoms with Gasteiger partial charge in [0.25, 0.3) is 5.91 Å². The molecule has 0 aliphatic heterocycles. The van der Waals surface area contributed by atoms with Gasteiger partial charge in [-0.1, -0.05) is 13.8 Å². The number of aliphatic hydroxyl groups is 3. The molecule has 0 aromatic heterocycles. The zero-order chi connectivity index (χ0) is 29.8. The predicted octanol–water partition coefficient (Wildman–Crippen LogP) is 0.540. The highest BCUT2D eigenvalue weighted by Crippen LogP contribution is 2.53. The van der Waals surface area contributed by atoms with E-state index in [0.29, 0.717) is 13.1 Å². The van der Waals surface area contributed by atoms with Gasteiger partial charge in [-0.05, 0) is 45.9 Å². The van der Waals surface area contributed by atoms with Crippen LogP contribution < -0.4 is 11.1 Å². The number of halogens is 1. The number of phenols is 1. The Morgan fingerprint density at radius 2 is 1.80 bits per heavy atom. The molecule has 1 aromatic carbocycles. The number of fused-ring (bicyclic) bond motifs is 3. The molecule has 13 heteroatoms. The number of hydrogen-bond acceptors (Lipinski definition) is 10. The Balaban J connectivity index is 1.83. The van der Waals surface area contributed by atoms with Gasteiger partial charge < -0.3 is 31.5 Å². The quantitative estimate of drug-likeness (QED) is 0.202. The number of amides is 2. The van der Waals surface area contributed by atoms with Crippen LogP contribution >= 0.6 is 0 Å². The van der Waals surface area contributed by atoms with E-state index in [0.717, 1.165) is 6.07 Å². The SMILES string of the molecule is CCN(CC)CC(=O)Nc1cc(F)c2c(c1O)C(=O)C1=C(O)[C@]3(O)C(=O)C(C(N)=O)=C(O)[C@@H](N(C)C)[C@@H]3C[C@@H]1C2. The van der Waals surface area contributed by atoms with Gasteiger partial charge in [0.2, 0.25) is 11.7 Å². The standard InChI is InChI=1S/C27H33FN4O8/c1-5-32(6-2)10-16(33)30-15-9-14(28)12-7-11-8-13-20(31(3)4)23(36)19(26(29)39)25(38)27(13,40)24(37)17(11)22(35)18(12)21(15)34/h9,11,13,20,34,36-37,40H,5-8,10H2,1-4H3,(H2,29,39)(H,30,33)/t11-,13-,20-,27-/m0/s1. The van der Waals surface area contributed by atoms with Crippen LogP contribution in [0.4, 0.5) is 10.1 Å². The Labute approximate surface area is 229 Å². The fourth-order valence-corrected chi connectivity index (χ4v) is 6.21. The molecule has 4 rings (SSSR count). The van der Waals surface area contributed by atoms with Gasteiger partial charge in [0.1, 0.15) is 22.9 Å². The summed E-state index contributed by atoms with van der Waals surface area (Å²) in [5.41, 5.74) is 0.168. The van der Waals surface area contributed by atoms with Gasteiger partial charge in [0.05, 0.1) is 23.8 Å². The first-order valence-corrected chi connectivity index (χ1v) is 12.9. The number of allylic oxidation sites excluding steroid dienone is 1. The van der Waals surface area contributed by atoms with Crippen molar-refractivity contribution in [2.45, 2.75) is 38.3 Å². The van der Waals surface area contributed by atoms with E-state index in [1.165, 1.54) is 19.0 Å². The normalized spacial score (nSPS) is 26.1. The highest BCUT2D eigenvalue weighted by molar-refractivity contribution is 6.25. The fourth-order valence-electron chi connectivity index (χ4n) is 6.21. The number of nitrogens with two attached hydrogens (primary N) is 1. The average molecular weight is 561 g/mol. The van der Waals surface area contributed by atoms with E-state index in [1.807, 2.05) is 13.8 Å². The number of carbonyl (C=O) groups is 4. The van der Waals surface area contributed by atoms with Gasteiger partial charge in [0.15, 0.2) is 17.1 Å². The molecule has 0 radical (unpaired) electrons. The van der Waals surface area contributed by atoms with E-state index in [1.54, 1.807) is 4.90 Å². The molecule has 40 heavy (non-hydrogen) atoms. The van der Waals surface area contributed by atoms with E-state index in [2.05, 4.69) is 5.32 Å². The number of aliphatic hydroxyl groups excluding tert-OH is 2. The number of Topliss-reactive ketones (excluding diaryl/α,β-unsaturated/α-hetero) is 2. The number of likely N-dealkylation sites (N-methyl/N-ethyl adjacent to an activating group) is 2. The van der Waals surface area contributed by atoms with Crippen molar-refractivity contribution in [2.24, 2.45) is 17.6 Å². The lowest BCUT2D eigenvalue weighted by Crippen LogP contribution is -2.63. The van der Waals surface area contributed by atoms with Crippen LogP contribution in [-0.2, 0) is 20.8 Å². The molecule has 3 aliphatic carbocycles. The summed E-state index contributed by atoms with van der Waals surface area (Å²) in [7, 11) is 3.03. The molecule has 0 saturated heterocycles. The van der Waals surface area contributed by atoms with Gasteiger partial charge in [-0.3, -0.25) is 29.0 Å². The maximum atomic E-state index is 15.3. The van der Waals surface area contributed by atoms with Gasteiger partial charge in [0, 0.05) is 23.1 Å². The van der Waals surface area contributed by atoms with Crippen molar-refractivity contribution < 1.29 is 44.0 Å². The molecule has 7 N–H and O–H groups in total. The molecule has 2 amide bonds. The van der Waals surface area contributed by atoms with Crippen molar-refractivity contribution in [2.75, 3.05) is 39.0 Å². The van der Waals surface area contributed by atoms with Gasteiger partial charge >= 0.3 is 0 Å². The number of hydrogen-bond donors (Lipinski definition) is 6. The smallest absolute Gasteiger partial charge is 0.255 e. The summed E-state index contributed by atoms with van der Waals surface area (Å²) in [6.07, 6.45) is -0.351. The summed E-state index contributed by atoms with van der Waals surface area (Å²) in [5, 5.41) is 47.1. The van der Waals surface area contributed by atoms with E-state index >= 15 is 4.39 Å². The summed E-state index contributed by atoms with van der Waals surface area (Å²) in [4.78, 5) is 54.8. The fraction of sp³-hybridized carbons (Fsp3) is 0.481. The summed E-state index contributed by atoms with van der Waals surface area (Å²) in [5.74, 6) is -9.74. The monoisotopic (exact) mass is 560 g/mol. The Hall–Kier alpha value is -3.81. The third-order valence-electron chi connectivity index (χ3n) is 8.20. The summed E-state index contributed by atoms with van der Waals surface area (Å²) in [6, 6.07) is -0.234. The lowest BCUT2D eigenvalue weighted by atomic mass is 9.58. The van der Waals surface area contributed by atoms with Crippen LogP contribution in [0.5, 0.6) is 5.75 Å². The number of aromatic hydroxyl groups is 1. The molecule has 3 aliphatic rings. The van der Waals surface area contributed by atoms with Crippen LogP contribution in [0.15, 0.2) is 28.7 Å². The minimum absolute atomic E-state index is 0.0424. The van der Waals surface area contributed by atoms with Crippen LogP contribution in [0.3, 0.4) is 0 Å². The lowest BCUT2D eigenvalue weighted by Gasteiger charge is -2.50. The molecule has 0 unspecified atom stereocenters. The van der Waals surface area contributed by atoms with Crippen LogP contribution in [0.1, 0.15) is 36.2 Å². The summed E-state index contributed by atoms with van der Waals surface area (Å²) >= 11 is 0. The molecule has 1 aromatic rings. The number of phenolic OH excluding ortho intramolecular Hbond substituents is 1.